The summed E-state index contributed by atoms with van der Waals surface area (Å²) in [5.74, 6) is 0.488. The van der Waals surface area contributed by atoms with E-state index in [4.69, 9.17) is 11.6 Å². The molecule has 0 atom stereocenters. The molecule has 10 heavy (non-hydrogen) atoms. The number of hydrogen-bond acceptors (Lipinski definition) is 3. The second-order valence-electron chi connectivity index (χ2n) is 1.54. The van der Waals surface area contributed by atoms with Crippen molar-refractivity contribution < 1.29 is 0 Å². The second-order valence-corrected chi connectivity index (χ2v) is 2.15. The number of thiocarbonyl (C=S) groups is 1. The summed E-state index contributed by atoms with van der Waals surface area (Å²) < 4.78 is 0. The minimum absolute atomic E-state index is 0.488. The van der Waals surface area contributed by atoms with Crippen LogP contribution < -0.4 is 0 Å². The highest BCUT2D eigenvalue weighted by Gasteiger charge is 1.89. The van der Waals surface area contributed by atoms with Crippen molar-refractivity contribution in [1.29, 1.82) is 0 Å². The molecule has 1 aromatic rings. The SMILES string of the molecule is S=C=Nc1cc(Cl)ccn1. The number of halogens is 1. The number of isothiocyanates is 1. The molecule has 0 aromatic carbocycles. The Balaban J connectivity index is 3.06. The Kier molecular flexibility index (Phi) is 2.51. The van der Waals surface area contributed by atoms with Crippen molar-refractivity contribution in [3.8, 4) is 0 Å². The van der Waals surface area contributed by atoms with Crippen LogP contribution in [0.5, 0.6) is 0 Å². The number of aliphatic imine (C=N–C) groups is 1. The molecule has 2 nitrogen and oxygen atoms in total. The van der Waals surface area contributed by atoms with Gasteiger partial charge in [0.05, 0.1) is 5.16 Å². The summed E-state index contributed by atoms with van der Waals surface area (Å²) in [6, 6.07) is 3.28. The number of pyridine rings is 1. The zero-order valence-electron chi connectivity index (χ0n) is 4.91. The molecule has 1 rings (SSSR count). The zero-order chi connectivity index (χ0) is 7.40. The molecule has 0 saturated carbocycles. The maximum atomic E-state index is 5.62. The van der Waals surface area contributed by atoms with Gasteiger partial charge in [-0.05, 0) is 18.3 Å². The van der Waals surface area contributed by atoms with Gasteiger partial charge in [0.15, 0.2) is 5.82 Å². The van der Waals surface area contributed by atoms with E-state index in [-0.39, 0.29) is 0 Å². The van der Waals surface area contributed by atoms with Crippen molar-refractivity contribution in [2.75, 3.05) is 0 Å². The maximum absolute atomic E-state index is 5.62. The highest BCUT2D eigenvalue weighted by Crippen LogP contribution is 2.13. The van der Waals surface area contributed by atoms with Crippen LogP contribution in [0, 0.1) is 0 Å². The molecular weight excluding hydrogens is 168 g/mol. The van der Waals surface area contributed by atoms with Crippen LogP contribution in [-0.2, 0) is 0 Å². The van der Waals surface area contributed by atoms with Crippen LogP contribution in [-0.4, -0.2) is 10.1 Å². The van der Waals surface area contributed by atoms with Gasteiger partial charge in [-0.2, -0.15) is 4.99 Å². The molecule has 50 valence electrons. The lowest BCUT2D eigenvalue weighted by molar-refractivity contribution is 1.28. The predicted octanol–water partition coefficient (Wildman–Crippen LogP) is 2.47. The average Bonchev–Trinajstić information content (AvgIpc) is 1.88. The summed E-state index contributed by atoms with van der Waals surface area (Å²) in [7, 11) is 0. The van der Waals surface area contributed by atoms with Crippen LogP contribution >= 0.6 is 23.8 Å². The van der Waals surface area contributed by atoms with Gasteiger partial charge in [-0.1, -0.05) is 11.6 Å². The Morgan fingerprint density at radius 3 is 3.10 bits per heavy atom. The van der Waals surface area contributed by atoms with Crippen LogP contribution in [0.15, 0.2) is 23.3 Å². The Morgan fingerprint density at radius 1 is 1.70 bits per heavy atom. The fraction of sp³-hybridized carbons (Fsp3) is 0. The van der Waals surface area contributed by atoms with Gasteiger partial charge < -0.3 is 0 Å². The molecule has 0 aliphatic heterocycles. The van der Waals surface area contributed by atoms with E-state index < -0.39 is 0 Å². The van der Waals surface area contributed by atoms with Gasteiger partial charge in [0.2, 0.25) is 0 Å². The van der Waals surface area contributed by atoms with E-state index in [0.29, 0.717) is 10.8 Å². The molecule has 0 fully saturated rings. The highest BCUT2D eigenvalue weighted by molar-refractivity contribution is 7.78. The minimum Gasteiger partial charge on any atom is -0.236 e. The molecule has 0 N–H and O–H groups in total. The van der Waals surface area contributed by atoms with Crippen molar-refractivity contribution in [3.05, 3.63) is 23.4 Å². The number of rotatable bonds is 1. The fourth-order valence-electron chi connectivity index (χ4n) is 0.501. The van der Waals surface area contributed by atoms with Gasteiger partial charge in [0.1, 0.15) is 0 Å². The number of aromatic nitrogens is 1. The van der Waals surface area contributed by atoms with E-state index in [0.717, 1.165) is 0 Å². The summed E-state index contributed by atoms with van der Waals surface area (Å²) in [6.07, 6.45) is 1.56. The Morgan fingerprint density at radius 2 is 2.50 bits per heavy atom. The molecule has 0 saturated heterocycles. The quantitative estimate of drug-likeness (QED) is 0.478. The first-order valence-electron chi connectivity index (χ1n) is 2.52. The normalized spacial score (nSPS) is 8.50. The number of nitrogens with zero attached hydrogens (tertiary/aromatic N) is 2. The van der Waals surface area contributed by atoms with Crippen molar-refractivity contribution in [1.82, 2.24) is 4.98 Å². The van der Waals surface area contributed by atoms with E-state index in [1.807, 2.05) is 0 Å². The molecule has 0 unspecified atom stereocenters. The molecule has 1 heterocycles. The van der Waals surface area contributed by atoms with Crippen molar-refractivity contribution in [3.63, 3.8) is 0 Å². The Bertz CT molecular complexity index is 281. The molecule has 0 bridgehead atoms. The van der Waals surface area contributed by atoms with Crippen LogP contribution in [0.4, 0.5) is 5.82 Å². The van der Waals surface area contributed by atoms with E-state index in [2.05, 4.69) is 27.4 Å². The summed E-state index contributed by atoms with van der Waals surface area (Å²) in [5, 5.41) is 2.79. The van der Waals surface area contributed by atoms with Crippen molar-refractivity contribution >= 4 is 34.8 Å². The number of hydrogen-bond donors (Lipinski definition) is 0. The monoisotopic (exact) mass is 170 g/mol. The lowest BCUT2D eigenvalue weighted by Gasteiger charge is -1.88. The molecule has 0 spiro atoms. The van der Waals surface area contributed by atoms with Gasteiger partial charge >= 0.3 is 0 Å². The standard InChI is InChI=1S/C6H3ClN2S/c7-5-1-2-8-6(3-5)9-4-10/h1-3H. The lowest BCUT2D eigenvalue weighted by atomic mass is 10.5. The highest BCUT2D eigenvalue weighted by atomic mass is 35.5. The predicted molar refractivity (Wildman–Crippen MR) is 43.9 cm³/mol. The van der Waals surface area contributed by atoms with E-state index >= 15 is 0 Å². The topological polar surface area (TPSA) is 25.2 Å². The summed E-state index contributed by atoms with van der Waals surface area (Å²) >= 11 is 10.00. The molecule has 4 heteroatoms. The van der Waals surface area contributed by atoms with Gasteiger partial charge in [-0.15, -0.1) is 0 Å². The van der Waals surface area contributed by atoms with Crippen LogP contribution in [0.1, 0.15) is 0 Å². The lowest BCUT2D eigenvalue weighted by Crippen LogP contribution is -1.70. The Labute approximate surface area is 68.6 Å². The third-order valence-electron chi connectivity index (χ3n) is 0.868. The first-order valence-corrected chi connectivity index (χ1v) is 3.31. The van der Waals surface area contributed by atoms with Gasteiger partial charge in [0, 0.05) is 17.3 Å². The Hall–Kier alpha value is -0.760. The molecule has 1 aromatic heterocycles. The van der Waals surface area contributed by atoms with Crippen molar-refractivity contribution in [2.45, 2.75) is 0 Å². The molecular formula is C6H3ClN2S. The second kappa shape index (κ2) is 3.42. The maximum Gasteiger partial charge on any atom is 0.163 e. The smallest absolute Gasteiger partial charge is 0.163 e. The third kappa shape index (κ3) is 1.88. The van der Waals surface area contributed by atoms with Crippen LogP contribution in [0.2, 0.25) is 5.02 Å². The first-order chi connectivity index (χ1) is 4.83. The third-order valence-corrected chi connectivity index (χ3v) is 1.19. The van der Waals surface area contributed by atoms with E-state index in [9.17, 15) is 0 Å². The summed E-state index contributed by atoms with van der Waals surface area (Å²) in [4.78, 5) is 7.49. The van der Waals surface area contributed by atoms with E-state index in [1.165, 1.54) is 0 Å². The zero-order valence-corrected chi connectivity index (χ0v) is 6.49. The van der Waals surface area contributed by atoms with Crippen LogP contribution in [0.3, 0.4) is 0 Å². The van der Waals surface area contributed by atoms with Crippen LogP contribution in [0.25, 0.3) is 0 Å². The van der Waals surface area contributed by atoms with Crippen molar-refractivity contribution in [2.24, 2.45) is 4.99 Å². The molecule has 0 aliphatic carbocycles. The summed E-state index contributed by atoms with van der Waals surface area (Å²) in [6.45, 7) is 0. The molecule has 0 amide bonds. The fourth-order valence-corrected chi connectivity index (χ4v) is 0.749. The molecule has 0 aliphatic rings. The van der Waals surface area contributed by atoms with Gasteiger partial charge in [-0.25, -0.2) is 4.98 Å². The van der Waals surface area contributed by atoms with Gasteiger partial charge in [0.25, 0.3) is 0 Å². The largest absolute Gasteiger partial charge is 0.236 e. The molecule has 0 radical (unpaired) electrons. The van der Waals surface area contributed by atoms with Gasteiger partial charge in [-0.3, -0.25) is 0 Å². The average molecular weight is 171 g/mol. The van der Waals surface area contributed by atoms with E-state index in [1.54, 1.807) is 18.3 Å². The first kappa shape index (κ1) is 7.35. The minimum atomic E-state index is 0.488. The summed E-state index contributed by atoms with van der Waals surface area (Å²) in [5.41, 5.74) is 0.